The molecule has 0 radical (unpaired) electrons. The smallest absolute Gasteiger partial charge is 0.230 e. The molecule has 0 aliphatic carbocycles. The van der Waals surface area contributed by atoms with Gasteiger partial charge in [-0.3, -0.25) is 4.79 Å². The first kappa shape index (κ1) is 17.1. The van der Waals surface area contributed by atoms with Crippen molar-refractivity contribution in [3.8, 4) is 0 Å². The number of thioether (sulfide) groups is 1. The standard InChI is InChI=1S/C17H27NOS/c1-6-14(7-2)18-16(19)12-20-15-10-8-13(9-11-15)17(3,4)5/h8-11,14H,6-7,12H2,1-5H3,(H,18,19). The Balaban J connectivity index is 2.48. The molecule has 1 N–H and O–H groups in total. The van der Waals surface area contributed by atoms with Crippen molar-refractivity contribution in [3.05, 3.63) is 29.8 Å². The number of hydrogen-bond donors (Lipinski definition) is 1. The van der Waals surface area contributed by atoms with Gasteiger partial charge in [-0.15, -0.1) is 11.8 Å². The summed E-state index contributed by atoms with van der Waals surface area (Å²) in [5, 5.41) is 3.06. The van der Waals surface area contributed by atoms with Crippen molar-refractivity contribution in [2.24, 2.45) is 0 Å². The fourth-order valence-corrected chi connectivity index (χ4v) is 2.67. The Morgan fingerprint density at radius 2 is 1.70 bits per heavy atom. The van der Waals surface area contributed by atoms with E-state index in [1.165, 1.54) is 5.56 Å². The zero-order valence-electron chi connectivity index (χ0n) is 13.3. The second kappa shape index (κ2) is 7.72. The highest BCUT2D eigenvalue weighted by molar-refractivity contribution is 8.00. The molecule has 0 bridgehead atoms. The molecule has 1 rings (SSSR count). The van der Waals surface area contributed by atoms with Crippen molar-refractivity contribution in [1.29, 1.82) is 0 Å². The fourth-order valence-electron chi connectivity index (χ4n) is 1.96. The van der Waals surface area contributed by atoms with E-state index in [4.69, 9.17) is 0 Å². The summed E-state index contributed by atoms with van der Waals surface area (Å²) in [4.78, 5) is 13.0. The van der Waals surface area contributed by atoms with Gasteiger partial charge in [0.05, 0.1) is 5.75 Å². The molecule has 0 fully saturated rings. The molecule has 0 atom stereocenters. The topological polar surface area (TPSA) is 29.1 Å². The molecule has 0 aromatic heterocycles. The van der Waals surface area contributed by atoms with E-state index in [1.807, 2.05) is 0 Å². The Hall–Kier alpha value is -0.960. The van der Waals surface area contributed by atoms with Crippen LogP contribution in [-0.4, -0.2) is 17.7 Å². The van der Waals surface area contributed by atoms with Crippen molar-refractivity contribution in [2.75, 3.05) is 5.75 Å². The lowest BCUT2D eigenvalue weighted by atomic mass is 9.87. The van der Waals surface area contributed by atoms with E-state index < -0.39 is 0 Å². The molecule has 0 aliphatic heterocycles. The molecule has 2 nitrogen and oxygen atoms in total. The van der Waals surface area contributed by atoms with E-state index in [-0.39, 0.29) is 11.3 Å². The monoisotopic (exact) mass is 293 g/mol. The van der Waals surface area contributed by atoms with E-state index in [9.17, 15) is 4.79 Å². The average Bonchev–Trinajstić information content (AvgIpc) is 2.42. The van der Waals surface area contributed by atoms with Gasteiger partial charge in [0.1, 0.15) is 0 Å². The van der Waals surface area contributed by atoms with Crippen molar-refractivity contribution < 1.29 is 4.79 Å². The molecule has 3 heteroatoms. The van der Waals surface area contributed by atoms with Crippen LogP contribution in [0.1, 0.15) is 53.0 Å². The summed E-state index contributed by atoms with van der Waals surface area (Å²) in [5.74, 6) is 0.620. The van der Waals surface area contributed by atoms with Gasteiger partial charge in [0, 0.05) is 10.9 Å². The van der Waals surface area contributed by atoms with Crippen molar-refractivity contribution >= 4 is 17.7 Å². The molecule has 1 aromatic rings. The van der Waals surface area contributed by atoms with Gasteiger partial charge in [-0.2, -0.15) is 0 Å². The Morgan fingerprint density at radius 1 is 1.15 bits per heavy atom. The zero-order valence-corrected chi connectivity index (χ0v) is 14.1. The van der Waals surface area contributed by atoms with Crippen molar-refractivity contribution in [1.82, 2.24) is 5.32 Å². The third-order valence-electron chi connectivity index (χ3n) is 3.44. The Kier molecular flexibility index (Phi) is 6.60. The van der Waals surface area contributed by atoms with Gasteiger partial charge in [0.2, 0.25) is 5.91 Å². The quantitative estimate of drug-likeness (QED) is 0.789. The maximum absolute atomic E-state index is 11.8. The van der Waals surface area contributed by atoms with Crippen molar-refractivity contribution in [3.63, 3.8) is 0 Å². The number of nitrogens with one attached hydrogen (secondary N) is 1. The summed E-state index contributed by atoms with van der Waals surface area (Å²) in [6, 6.07) is 8.83. The summed E-state index contributed by atoms with van der Waals surface area (Å²) < 4.78 is 0. The average molecular weight is 293 g/mol. The lowest BCUT2D eigenvalue weighted by Gasteiger charge is -2.19. The van der Waals surface area contributed by atoms with Crippen LogP contribution < -0.4 is 5.32 Å². The number of benzene rings is 1. The van der Waals surface area contributed by atoms with E-state index in [2.05, 4.69) is 64.2 Å². The van der Waals surface area contributed by atoms with Gasteiger partial charge in [0.15, 0.2) is 0 Å². The van der Waals surface area contributed by atoms with Crippen LogP contribution in [0.3, 0.4) is 0 Å². The fraction of sp³-hybridized carbons (Fsp3) is 0.588. The molecule has 0 spiro atoms. The summed E-state index contributed by atoms with van der Waals surface area (Å²) >= 11 is 1.60. The van der Waals surface area contributed by atoms with E-state index >= 15 is 0 Å². The zero-order chi connectivity index (χ0) is 15.2. The number of carbonyl (C=O) groups is 1. The molecule has 0 unspecified atom stereocenters. The van der Waals surface area contributed by atoms with Crippen LogP contribution in [-0.2, 0) is 10.2 Å². The summed E-state index contributed by atoms with van der Waals surface area (Å²) in [6.45, 7) is 10.8. The number of amides is 1. The van der Waals surface area contributed by atoms with Gasteiger partial charge in [-0.1, -0.05) is 46.8 Å². The molecule has 0 aliphatic rings. The minimum Gasteiger partial charge on any atom is -0.353 e. The normalized spacial score (nSPS) is 11.7. The Bertz CT molecular complexity index is 416. The Labute approximate surface area is 127 Å². The van der Waals surface area contributed by atoms with Crippen LogP contribution in [0.2, 0.25) is 0 Å². The molecule has 0 saturated heterocycles. The van der Waals surface area contributed by atoms with Crippen molar-refractivity contribution in [2.45, 2.75) is 63.8 Å². The minimum absolute atomic E-state index is 0.128. The molecule has 1 amide bonds. The summed E-state index contributed by atoms with van der Waals surface area (Å²) in [6.07, 6.45) is 1.99. The van der Waals surface area contributed by atoms with Crippen LogP contribution >= 0.6 is 11.8 Å². The van der Waals surface area contributed by atoms with Gasteiger partial charge in [0.25, 0.3) is 0 Å². The second-order valence-corrected chi connectivity index (χ2v) is 7.19. The maximum atomic E-state index is 11.8. The van der Waals surface area contributed by atoms with Crippen LogP contribution in [0.25, 0.3) is 0 Å². The third kappa shape index (κ3) is 5.58. The predicted molar refractivity (Wildman–Crippen MR) is 88.4 cm³/mol. The highest BCUT2D eigenvalue weighted by atomic mass is 32.2. The number of rotatable bonds is 6. The largest absolute Gasteiger partial charge is 0.353 e. The van der Waals surface area contributed by atoms with Gasteiger partial charge < -0.3 is 5.32 Å². The second-order valence-electron chi connectivity index (χ2n) is 6.14. The number of carbonyl (C=O) groups excluding carboxylic acids is 1. The van der Waals surface area contributed by atoms with E-state index in [0.717, 1.165) is 17.7 Å². The van der Waals surface area contributed by atoms with E-state index in [0.29, 0.717) is 11.8 Å². The molecule has 0 heterocycles. The van der Waals surface area contributed by atoms with Gasteiger partial charge in [-0.25, -0.2) is 0 Å². The molecule has 20 heavy (non-hydrogen) atoms. The highest BCUT2D eigenvalue weighted by Gasteiger charge is 2.13. The van der Waals surface area contributed by atoms with Gasteiger partial charge >= 0.3 is 0 Å². The first-order chi connectivity index (χ1) is 9.36. The first-order valence-electron chi connectivity index (χ1n) is 7.39. The molecule has 0 saturated carbocycles. The minimum atomic E-state index is 0.128. The predicted octanol–water partition coefficient (Wildman–Crippen LogP) is 4.38. The van der Waals surface area contributed by atoms with E-state index in [1.54, 1.807) is 11.8 Å². The number of hydrogen-bond acceptors (Lipinski definition) is 2. The molecular weight excluding hydrogens is 266 g/mol. The molecular formula is C17H27NOS. The van der Waals surface area contributed by atoms with Crippen LogP contribution in [0.4, 0.5) is 0 Å². The summed E-state index contributed by atoms with van der Waals surface area (Å²) in [7, 11) is 0. The maximum Gasteiger partial charge on any atom is 0.230 e. The lowest BCUT2D eigenvalue weighted by molar-refractivity contribution is -0.119. The summed E-state index contributed by atoms with van der Waals surface area (Å²) in [5.41, 5.74) is 1.50. The SMILES string of the molecule is CCC(CC)NC(=O)CSc1ccc(C(C)(C)C)cc1. The van der Waals surface area contributed by atoms with Gasteiger partial charge in [-0.05, 0) is 36.0 Å². The lowest BCUT2D eigenvalue weighted by Crippen LogP contribution is -2.34. The van der Waals surface area contributed by atoms with Crippen LogP contribution in [0.15, 0.2) is 29.2 Å². The van der Waals surface area contributed by atoms with Crippen LogP contribution in [0, 0.1) is 0 Å². The highest BCUT2D eigenvalue weighted by Crippen LogP contribution is 2.25. The molecule has 1 aromatic carbocycles. The third-order valence-corrected chi connectivity index (χ3v) is 4.45. The molecule has 112 valence electrons. The Morgan fingerprint density at radius 3 is 2.15 bits per heavy atom. The van der Waals surface area contributed by atoms with Crippen LogP contribution in [0.5, 0.6) is 0 Å². The first-order valence-corrected chi connectivity index (χ1v) is 8.38.